The molecule has 5 nitrogen and oxygen atoms in total. The second-order valence-electron chi connectivity index (χ2n) is 7.66. The summed E-state index contributed by atoms with van der Waals surface area (Å²) < 4.78 is 0. The van der Waals surface area contributed by atoms with Gasteiger partial charge in [-0.1, -0.05) is 12.5 Å². The zero-order valence-corrected chi connectivity index (χ0v) is 17.3. The van der Waals surface area contributed by atoms with Crippen molar-refractivity contribution in [1.29, 1.82) is 0 Å². The van der Waals surface area contributed by atoms with Gasteiger partial charge in [0.2, 0.25) is 0 Å². The van der Waals surface area contributed by atoms with Crippen LogP contribution in [-0.4, -0.2) is 68.6 Å². The van der Waals surface area contributed by atoms with Crippen molar-refractivity contribution in [3.05, 3.63) is 22.4 Å². The number of rotatable bonds is 7. The van der Waals surface area contributed by atoms with Crippen LogP contribution >= 0.6 is 11.3 Å². The average Bonchev–Trinajstić information content (AvgIpc) is 3.12. The minimum absolute atomic E-state index is 0.146. The number of nitrogens with one attached hydrogen (secondary N) is 2. The van der Waals surface area contributed by atoms with Crippen LogP contribution in [0.1, 0.15) is 44.0 Å². The van der Waals surface area contributed by atoms with Crippen molar-refractivity contribution in [3.8, 4) is 0 Å². The summed E-state index contributed by atoms with van der Waals surface area (Å²) in [5.74, 6) is 0.883. The van der Waals surface area contributed by atoms with E-state index in [2.05, 4.69) is 70.9 Å². The van der Waals surface area contributed by atoms with Gasteiger partial charge in [-0.3, -0.25) is 9.89 Å². The molecule has 2 heterocycles. The lowest BCUT2D eigenvalue weighted by Crippen LogP contribution is -2.55. The lowest BCUT2D eigenvalue weighted by atomic mass is 9.98. The van der Waals surface area contributed by atoms with Crippen LogP contribution < -0.4 is 10.6 Å². The molecule has 0 aliphatic carbocycles. The predicted molar refractivity (Wildman–Crippen MR) is 110 cm³/mol. The molecule has 1 fully saturated rings. The van der Waals surface area contributed by atoms with Gasteiger partial charge >= 0.3 is 0 Å². The van der Waals surface area contributed by atoms with Gasteiger partial charge in [0, 0.05) is 30.6 Å². The number of hydrogen-bond donors (Lipinski definition) is 2. The highest BCUT2D eigenvalue weighted by Gasteiger charge is 2.28. The number of likely N-dealkylation sites (tertiary alicyclic amines) is 1. The van der Waals surface area contributed by atoms with Crippen LogP contribution in [-0.2, 0) is 0 Å². The molecule has 0 bridgehead atoms. The third kappa shape index (κ3) is 5.97. The van der Waals surface area contributed by atoms with Crippen molar-refractivity contribution >= 4 is 17.3 Å². The van der Waals surface area contributed by atoms with Gasteiger partial charge in [-0.25, -0.2) is 0 Å². The summed E-state index contributed by atoms with van der Waals surface area (Å²) in [6.07, 6.45) is 4.02. The van der Waals surface area contributed by atoms with Crippen LogP contribution in [0.5, 0.6) is 0 Å². The van der Waals surface area contributed by atoms with Crippen LogP contribution in [0.25, 0.3) is 0 Å². The molecule has 0 saturated carbocycles. The molecular weight excluding hydrogens is 330 g/mol. The van der Waals surface area contributed by atoms with E-state index < -0.39 is 0 Å². The fourth-order valence-electron chi connectivity index (χ4n) is 3.34. The smallest absolute Gasteiger partial charge is 0.191 e. The minimum Gasteiger partial charge on any atom is -0.355 e. The number of nitrogens with zero attached hydrogens (tertiary/aromatic N) is 3. The van der Waals surface area contributed by atoms with E-state index in [4.69, 9.17) is 0 Å². The van der Waals surface area contributed by atoms with Gasteiger partial charge in [-0.15, -0.1) is 11.3 Å². The Morgan fingerprint density at radius 1 is 1.28 bits per heavy atom. The zero-order valence-electron chi connectivity index (χ0n) is 16.5. The molecule has 2 rings (SSSR count). The maximum atomic E-state index is 4.41. The molecule has 1 aromatic heterocycles. The summed E-state index contributed by atoms with van der Waals surface area (Å²) >= 11 is 1.81. The Labute approximate surface area is 157 Å². The second-order valence-corrected chi connectivity index (χ2v) is 8.64. The fraction of sp³-hybridized carbons (Fsp3) is 0.737. The first-order valence-electron chi connectivity index (χ1n) is 9.33. The maximum Gasteiger partial charge on any atom is 0.191 e. The van der Waals surface area contributed by atoms with E-state index in [1.165, 1.54) is 37.2 Å². The van der Waals surface area contributed by atoms with E-state index in [1.807, 2.05) is 7.05 Å². The van der Waals surface area contributed by atoms with Crippen LogP contribution in [0, 0.1) is 0 Å². The minimum atomic E-state index is 0.146. The fourth-order valence-corrected chi connectivity index (χ4v) is 4.27. The van der Waals surface area contributed by atoms with Gasteiger partial charge in [0.25, 0.3) is 0 Å². The lowest BCUT2D eigenvalue weighted by Gasteiger charge is -2.41. The Morgan fingerprint density at radius 2 is 2.00 bits per heavy atom. The molecule has 1 saturated heterocycles. The summed E-state index contributed by atoms with van der Waals surface area (Å²) in [6.45, 7) is 8.82. The SMILES string of the molecule is CN=C(NCC(c1cccs1)N(C)C)NCC(C)(C)N1CCCCC1. The molecule has 1 aromatic rings. The van der Waals surface area contributed by atoms with Crippen molar-refractivity contribution in [2.24, 2.45) is 4.99 Å². The molecule has 1 aliphatic heterocycles. The van der Waals surface area contributed by atoms with E-state index in [1.54, 1.807) is 11.3 Å². The lowest BCUT2D eigenvalue weighted by molar-refractivity contribution is 0.0982. The van der Waals surface area contributed by atoms with E-state index in [9.17, 15) is 0 Å². The van der Waals surface area contributed by atoms with Crippen molar-refractivity contribution in [2.45, 2.75) is 44.7 Å². The summed E-state index contributed by atoms with van der Waals surface area (Å²) in [7, 11) is 6.10. The molecule has 1 atom stereocenters. The van der Waals surface area contributed by atoms with Gasteiger partial charge in [0.05, 0.1) is 6.04 Å². The quantitative estimate of drug-likeness (QED) is 0.576. The number of aliphatic imine (C=N–C) groups is 1. The third-order valence-corrected chi connectivity index (χ3v) is 6.06. The molecule has 0 radical (unpaired) electrons. The molecule has 1 aliphatic rings. The Hall–Kier alpha value is -1.11. The Morgan fingerprint density at radius 3 is 2.56 bits per heavy atom. The Bertz CT molecular complexity index is 518. The average molecular weight is 366 g/mol. The van der Waals surface area contributed by atoms with E-state index in [-0.39, 0.29) is 5.54 Å². The normalized spacial score (nSPS) is 18.4. The van der Waals surface area contributed by atoms with Gasteiger partial charge in [-0.2, -0.15) is 0 Å². The molecule has 142 valence electrons. The van der Waals surface area contributed by atoms with Crippen LogP contribution in [0.3, 0.4) is 0 Å². The Kier molecular flexibility index (Phi) is 7.72. The summed E-state index contributed by atoms with van der Waals surface area (Å²) in [5.41, 5.74) is 0.146. The van der Waals surface area contributed by atoms with Crippen molar-refractivity contribution in [1.82, 2.24) is 20.4 Å². The number of likely N-dealkylation sites (N-methyl/N-ethyl adjacent to an activating group) is 1. The number of piperidine rings is 1. The molecular formula is C19H35N5S. The van der Waals surface area contributed by atoms with Crippen LogP contribution in [0.4, 0.5) is 0 Å². The molecule has 0 aromatic carbocycles. The van der Waals surface area contributed by atoms with Gasteiger partial charge in [0.1, 0.15) is 0 Å². The topological polar surface area (TPSA) is 42.9 Å². The van der Waals surface area contributed by atoms with Gasteiger partial charge in [-0.05, 0) is 65.3 Å². The molecule has 1 unspecified atom stereocenters. The molecule has 0 amide bonds. The molecule has 25 heavy (non-hydrogen) atoms. The van der Waals surface area contributed by atoms with Crippen molar-refractivity contribution < 1.29 is 0 Å². The van der Waals surface area contributed by atoms with Crippen molar-refractivity contribution in [2.75, 3.05) is 47.3 Å². The van der Waals surface area contributed by atoms with E-state index in [0.29, 0.717) is 6.04 Å². The van der Waals surface area contributed by atoms with Gasteiger partial charge in [0.15, 0.2) is 5.96 Å². The first kappa shape index (κ1) is 20.2. The first-order valence-corrected chi connectivity index (χ1v) is 10.2. The highest BCUT2D eigenvalue weighted by molar-refractivity contribution is 7.10. The summed E-state index contributed by atoms with van der Waals surface area (Å²) in [4.78, 5) is 10.6. The number of thiophene rings is 1. The van der Waals surface area contributed by atoms with Crippen LogP contribution in [0.2, 0.25) is 0 Å². The van der Waals surface area contributed by atoms with E-state index in [0.717, 1.165) is 19.0 Å². The van der Waals surface area contributed by atoms with Crippen LogP contribution in [0.15, 0.2) is 22.5 Å². The summed E-state index contributed by atoms with van der Waals surface area (Å²) in [5, 5.41) is 9.17. The molecule has 6 heteroatoms. The molecule has 2 N–H and O–H groups in total. The van der Waals surface area contributed by atoms with E-state index >= 15 is 0 Å². The monoisotopic (exact) mass is 365 g/mol. The van der Waals surface area contributed by atoms with Crippen molar-refractivity contribution in [3.63, 3.8) is 0 Å². The third-order valence-electron chi connectivity index (χ3n) is 5.08. The van der Waals surface area contributed by atoms with Gasteiger partial charge < -0.3 is 15.5 Å². The predicted octanol–water partition coefficient (Wildman–Crippen LogP) is 2.78. The Balaban J connectivity index is 1.85. The number of hydrogen-bond acceptors (Lipinski definition) is 4. The maximum absolute atomic E-state index is 4.41. The highest BCUT2D eigenvalue weighted by atomic mass is 32.1. The largest absolute Gasteiger partial charge is 0.355 e. The second kappa shape index (κ2) is 9.55. The standard InChI is InChI=1S/C19H35N5S/c1-19(2,24-11-7-6-8-12-24)15-22-18(20-3)21-14-16(23(4)5)17-10-9-13-25-17/h9-10,13,16H,6-8,11-12,14-15H2,1-5H3,(H2,20,21,22). The zero-order chi connectivity index (χ0) is 18.3. The number of guanidine groups is 1. The molecule has 0 spiro atoms. The first-order chi connectivity index (χ1) is 11.9. The highest BCUT2D eigenvalue weighted by Crippen LogP contribution is 2.22. The summed E-state index contributed by atoms with van der Waals surface area (Å²) in [6, 6.07) is 4.67.